The Morgan fingerprint density at radius 2 is 1.88 bits per heavy atom. The van der Waals surface area contributed by atoms with E-state index in [-0.39, 0.29) is 5.43 Å². The topological polar surface area (TPSA) is 26.3 Å². The van der Waals surface area contributed by atoms with Crippen LogP contribution in [-0.4, -0.2) is 6.61 Å². The van der Waals surface area contributed by atoms with Crippen molar-refractivity contribution in [1.29, 1.82) is 0 Å². The number of hydrogen-bond donors (Lipinski definition) is 0. The third-order valence-corrected chi connectivity index (χ3v) is 6.11. The Labute approximate surface area is 153 Å². The molecule has 2 nitrogen and oxygen atoms in total. The Balaban J connectivity index is 1.95. The van der Waals surface area contributed by atoms with Crippen molar-refractivity contribution >= 4 is 31.5 Å². The number of hydrogen-bond acceptors (Lipinski definition) is 3. The van der Waals surface area contributed by atoms with Crippen LogP contribution in [0.4, 0.5) is 0 Å². The number of unbranched alkanes of at least 4 members (excludes halogenated alkanes) is 1. The van der Waals surface area contributed by atoms with Gasteiger partial charge in [0.15, 0.2) is 5.43 Å². The molecule has 1 unspecified atom stereocenters. The Morgan fingerprint density at radius 3 is 2.64 bits per heavy atom. The molecule has 1 atom stereocenters. The van der Waals surface area contributed by atoms with Gasteiger partial charge in [-0.05, 0) is 43.5 Å². The first-order chi connectivity index (χ1) is 12.2. The van der Waals surface area contributed by atoms with Crippen molar-refractivity contribution in [3.8, 4) is 5.75 Å². The average Bonchev–Trinajstić information content (AvgIpc) is 2.63. The van der Waals surface area contributed by atoms with Crippen molar-refractivity contribution in [2.75, 3.05) is 6.61 Å². The van der Waals surface area contributed by atoms with E-state index in [1.165, 1.54) is 19.3 Å². The standard InChI is InChI=1S/C22H26O2S/c1-4-6-9-16(5-2)14-24-18-12-13-20-21(15(18)3)22(23)17-10-7-8-11-19(17)25-20/h7-8,10-13,16H,4-6,9,14H2,1-3H3. The third-order valence-electron chi connectivity index (χ3n) is 4.97. The summed E-state index contributed by atoms with van der Waals surface area (Å²) in [4.78, 5) is 12.9. The molecule has 0 N–H and O–H groups in total. The predicted molar refractivity (Wildman–Crippen MR) is 109 cm³/mol. The van der Waals surface area contributed by atoms with Gasteiger partial charge in [-0.3, -0.25) is 4.79 Å². The van der Waals surface area contributed by atoms with E-state index in [1.807, 2.05) is 43.3 Å². The monoisotopic (exact) mass is 354 g/mol. The molecule has 0 spiro atoms. The second-order valence-corrected chi connectivity index (χ2v) is 7.80. The fourth-order valence-electron chi connectivity index (χ4n) is 3.29. The molecule has 0 amide bonds. The first-order valence-corrected chi connectivity index (χ1v) is 10.0. The Kier molecular flexibility index (Phi) is 5.74. The van der Waals surface area contributed by atoms with Crippen LogP contribution < -0.4 is 10.2 Å². The van der Waals surface area contributed by atoms with Crippen LogP contribution in [0, 0.1) is 12.8 Å². The van der Waals surface area contributed by atoms with Gasteiger partial charge in [0.05, 0.1) is 6.61 Å². The van der Waals surface area contributed by atoms with Crippen LogP contribution in [0.5, 0.6) is 5.75 Å². The van der Waals surface area contributed by atoms with E-state index in [9.17, 15) is 4.79 Å². The Hall–Kier alpha value is -1.87. The lowest BCUT2D eigenvalue weighted by molar-refractivity contribution is 0.232. The fourth-order valence-corrected chi connectivity index (χ4v) is 4.43. The highest BCUT2D eigenvalue weighted by atomic mass is 32.1. The summed E-state index contributed by atoms with van der Waals surface area (Å²) >= 11 is 1.67. The number of ether oxygens (including phenoxy) is 1. The molecular formula is C22H26O2S. The molecule has 0 saturated heterocycles. The lowest BCUT2D eigenvalue weighted by Gasteiger charge is -2.17. The van der Waals surface area contributed by atoms with Gasteiger partial charge in [0.2, 0.25) is 0 Å². The van der Waals surface area contributed by atoms with E-state index in [1.54, 1.807) is 11.3 Å². The molecule has 3 heteroatoms. The van der Waals surface area contributed by atoms with Gasteiger partial charge in [-0.15, -0.1) is 11.3 Å². The summed E-state index contributed by atoms with van der Waals surface area (Å²) in [7, 11) is 0. The average molecular weight is 355 g/mol. The summed E-state index contributed by atoms with van der Waals surface area (Å²) in [6.07, 6.45) is 4.81. The van der Waals surface area contributed by atoms with Crippen LogP contribution in [0.15, 0.2) is 41.2 Å². The van der Waals surface area contributed by atoms with Crippen molar-refractivity contribution < 1.29 is 4.74 Å². The van der Waals surface area contributed by atoms with Gasteiger partial charge in [0.1, 0.15) is 5.75 Å². The fraction of sp³-hybridized carbons (Fsp3) is 0.409. The van der Waals surface area contributed by atoms with Gasteiger partial charge in [-0.1, -0.05) is 45.2 Å². The number of fused-ring (bicyclic) bond motifs is 2. The molecule has 0 saturated carbocycles. The molecule has 25 heavy (non-hydrogen) atoms. The highest BCUT2D eigenvalue weighted by Crippen LogP contribution is 2.31. The minimum Gasteiger partial charge on any atom is -0.493 e. The lowest BCUT2D eigenvalue weighted by atomic mass is 10.0. The maximum Gasteiger partial charge on any atom is 0.196 e. The minimum absolute atomic E-state index is 0.116. The number of aryl methyl sites for hydroxylation is 1. The summed E-state index contributed by atoms with van der Waals surface area (Å²) in [6.45, 7) is 7.18. The van der Waals surface area contributed by atoms with Crippen molar-refractivity contribution in [3.05, 3.63) is 52.2 Å². The maximum atomic E-state index is 12.9. The van der Waals surface area contributed by atoms with Crippen molar-refractivity contribution in [2.24, 2.45) is 5.92 Å². The highest BCUT2D eigenvalue weighted by Gasteiger charge is 2.13. The maximum absolute atomic E-state index is 12.9. The summed E-state index contributed by atoms with van der Waals surface area (Å²) in [5, 5.41) is 1.61. The molecule has 3 aromatic rings. The summed E-state index contributed by atoms with van der Waals surface area (Å²) in [6, 6.07) is 11.9. The molecule has 0 aliphatic rings. The number of rotatable bonds is 7. The predicted octanol–water partition coefficient (Wildman–Crippen LogP) is 6.32. The summed E-state index contributed by atoms with van der Waals surface area (Å²) < 4.78 is 8.20. The molecule has 3 rings (SSSR count). The van der Waals surface area contributed by atoms with Gasteiger partial charge in [-0.2, -0.15) is 0 Å². The smallest absolute Gasteiger partial charge is 0.196 e. The van der Waals surface area contributed by atoms with E-state index < -0.39 is 0 Å². The van der Waals surface area contributed by atoms with E-state index in [4.69, 9.17) is 4.74 Å². The van der Waals surface area contributed by atoms with Crippen LogP contribution >= 0.6 is 11.3 Å². The molecule has 0 aliphatic heterocycles. The van der Waals surface area contributed by atoms with Crippen LogP contribution in [-0.2, 0) is 0 Å². The first-order valence-electron chi connectivity index (χ1n) is 9.23. The highest BCUT2D eigenvalue weighted by molar-refractivity contribution is 7.24. The van der Waals surface area contributed by atoms with Crippen LogP contribution in [0.1, 0.15) is 45.1 Å². The molecule has 0 bridgehead atoms. The minimum atomic E-state index is 0.116. The van der Waals surface area contributed by atoms with Gasteiger partial charge in [0, 0.05) is 25.7 Å². The van der Waals surface area contributed by atoms with Crippen LogP contribution in [0.2, 0.25) is 0 Å². The Bertz CT molecular complexity index is 926. The van der Waals surface area contributed by atoms with E-state index in [0.29, 0.717) is 5.92 Å². The first kappa shape index (κ1) is 17.9. The van der Waals surface area contributed by atoms with Gasteiger partial charge >= 0.3 is 0 Å². The van der Waals surface area contributed by atoms with Gasteiger partial charge in [-0.25, -0.2) is 0 Å². The SMILES string of the molecule is CCCCC(CC)COc1ccc2sc3ccccc3c(=O)c2c1C. The van der Waals surface area contributed by atoms with Crippen molar-refractivity contribution in [1.82, 2.24) is 0 Å². The number of benzene rings is 2. The lowest BCUT2D eigenvalue weighted by Crippen LogP contribution is -2.12. The molecule has 0 radical (unpaired) electrons. The second kappa shape index (κ2) is 8.01. The molecule has 1 aromatic heterocycles. The molecular weight excluding hydrogens is 328 g/mol. The zero-order valence-corrected chi connectivity index (χ0v) is 16.1. The van der Waals surface area contributed by atoms with Crippen LogP contribution in [0.3, 0.4) is 0 Å². The zero-order valence-electron chi connectivity index (χ0n) is 15.3. The normalized spacial score (nSPS) is 12.6. The van der Waals surface area contributed by atoms with E-state index in [2.05, 4.69) is 13.8 Å². The Morgan fingerprint density at radius 1 is 1.08 bits per heavy atom. The van der Waals surface area contributed by atoms with E-state index in [0.717, 1.165) is 44.5 Å². The molecule has 0 fully saturated rings. The largest absolute Gasteiger partial charge is 0.493 e. The third kappa shape index (κ3) is 3.72. The molecule has 2 aromatic carbocycles. The van der Waals surface area contributed by atoms with Crippen molar-refractivity contribution in [2.45, 2.75) is 46.5 Å². The van der Waals surface area contributed by atoms with Crippen molar-refractivity contribution in [3.63, 3.8) is 0 Å². The van der Waals surface area contributed by atoms with Gasteiger partial charge < -0.3 is 4.74 Å². The molecule has 0 aliphatic carbocycles. The van der Waals surface area contributed by atoms with E-state index >= 15 is 0 Å². The second-order valence-electron chi connectivity index (χ2n) is 6.72. The van der Waals surface area contributed by atoms with Crippen LogP contribution in [0.25, 0.3) is 20.2 Å². The molecule has 1 heterocycles. The summed E-state index contributed by atoms with van der Waals surface area (Å²) in [5.74, 6) is 1.43. The molecule has 132 valence electrons. The van der Waals surface area contributed by atoms with Gasteiger partial charge in [0.25, 0.3) is 0 Å². The quantitative estimate of drug-likeness (QED) is 0.464. The summed E-state index contributed by atoms with van der Waals surface area (Å²) in [5.41, 5.74) is 1.08. The zero-order chi connectivity index (χ0) is 17.8.